The first kappa shape index (κ1) is 14.0. The van der Waals surface area contributed by atoms with E-state index in [1.54, 1.807) is 29.2 Å². The van der Waals surface area contributed by atoms with Crippen molar-refractivity contribution in [3.8, 4) is 11.3 Å². The quantitative estimate of drug-likeness (QED) is 0.803. The summed E-state index contributed by atoms with van der Waals surface area (Å²) < 4.78 is 1.77. The number of nitrogens with one attached hydrogen (secondary N) is 1. The Morgan fingerprint density at radius 1 is 1.18 bits per heavy atom. The van der Waals surface area contributed by atoms with Crippen LogP contribution < -0.4 is 5.32 Å². The Bertz CT molecular complexity index is 766. The Morgan fingerprint density at radius 3 is 2.73 bits per heavy atom. The van der Waals surface area contributed by atoms with E-state index in [4.69, 9.17) is 0 Å². The highest BCUT2D eigenvalue weighted by Gasteiger charge is 2.09. The van der Waals surface area contributed by atoms with E-state index in [0.717, 1.165) is 17.0 Å². The molecule has 0 bridgehead atoms. The van der Waals surface area contributed by atoms with Crippen molar-refractivity contribution in [1.82, 2.24) is 20.1 Å². The van der Waals surface area contributed by atoms with Crippen LogP contribution in [-0.4, -0.2) is 20.7 Å². The number of carbonyl (C=O) groups excluding carboxylic acids is 1. The van der Waals surface area contributed by atoms with E-state index in [-0.39, 0.29) is 5.91 Å². The average molecular weight is 292 g/mol. The third-order valence-electron chi connectivity index (χ3n) is 3.40. The van der Waals surface area contributed by atoms with E-state index in [2.05, 4.69) is 15.4 Å². The molecule has 0 aliphatic heterocycles. The lowest BCUT2D eigenvalue weighted by molar-refractivity contribution is 0.0950. The maximum atomic E-state index is 12.1. The molecule has 1 amide bonds. The van der Waals surface area contributed by atoms with Gasteiger partial charge in [-0.2, -0.15) is 5.10 Å². The molecular weight excluding hydrogens is 276 g/mol. The zero-order valence-corrected chi connectivity index (χ0v) is 12.2. The number of hydrogen-bond donors (Lipinski definition) is 1. The van der Waals surface area contributed by atoms with E-state index >= 15 is 0 Å². The Morgan fingerprint density at radius 2 is 2.00 bits per heavy atom. The van der Waals surface area contributed by atoms with Crippen molar-refractivity contribution in [3.63, 3.8) is 0 Å². The molecule has 5 nitrogen and oxygen atoms in total. The van der Waals surface area contributed by atoms with E-state index in [9.17, 15) is 4.79 Å². The maximum absolute atomic E-state index is 12.1. The lowest BCUT2D eigenvalue weighted by Gasteiger charge is -2.05. The molecule has 0 aliphatic rings. The van der Waals surface area contributed by atoms with Gasteiger partial charge in [-0.1, -0.05) is 18.2 Å². The van der Waals surface area contributed by atoms with Gasteiger partial charge in [0.2, 0.25) is 0 Å². The maximum Gasteiger partial charge on any atom is 0.251 e. The molecule has 0 atom stereocenters. The van der Waals surface area contributed by atoms with Gasteiger partial charge in [0.25, 0.3) is 5.91 Å². The molecule has 0 saturated carbocycles. The second-order valence-electron chi connectivity index (χ2n) is 4.93. The molecule has 1 N–H and O–H groups in total. The molecule has 3 aromatic rings. The number of carbonyl (C=O) groups is 1. The van der Waals surface area contributed by atoms with Gasteiger partial charge in [0.15, 0.2) is 0 Å². The minimum atomic E-state index is -0.0928. The minimum absolute atomic E-state index is 0.0928. The fraction of sp³-hybridized carbons (Fsp3) is 0.118. The van der Waals surface area contributed by atoms with Crippen molar-refractivity contribution in [2.75, 3.05) is 0 Å². The summed E-state index contributed by atoms with van der Waals surface area (Å²) >= 11 is 0. The standard InChI is InChI=1S/C17H16N4O/c1-21-15(10-16(20-21)14-8-5-9-18-11-14)12-19-17(22)13-6-3-2-4-7-13/h2-11H,12H2,1H3,(H,19,22). The van der Waals surface area contributed by atoms with Gasteiger partial charge < -0.3 is 5.32 Å². The van der Waals surface area contributed by atoms with Gasteiger partial charge in [0, 0.05) is 30.6 Å². The summed E-state index contributed by atoms with van der Waals surface area (Å²) in [6.07, 6.45) is 3.50. The van der Waals surface area contributed by atoms with Crippen molar-refractivity contribution >= 4 is 5.91 Å². The number of pyridine rings is 1. The molecule has 2 aromatic heterocycles. The molecule has 5 heteroatoms. The molecule has 0 spiro atoms. The smallest absolute Gasteiger partial charge is 0.251 e. The SMILES string of the molecule is Cn1nc(-c2cccnc2)cc1CNC(=O)c1ccccc1. The highest BCUT2D eigenvalue weighted by molar-refractivity contribution is 5.94. The molecule has 0 fully saturated rings. The molecule has 0 radical (unpaired) electrons. The zero-order valence-electron chi connectivity index (χ0n) is 12.2. The largest absolute Gasteiger partial charge is 0.346 e. The average Bonchev–Trinajstić information content (AvgIpc) is 2.95. The second kappa shape index (κ2) is 6.22. The normalized spacial score (nSPS) is 10.4. The van der Waals surface area contributed by atoms with E-state index in [1.165, 1.54) is 0 Å². The minimum Gasteiger partial charge on any atom is -0.346 e. The van der Waals surface area contributed by atoms with Crippen LogP contribution in [0.2, 0.25) is 0 Å². The Kier molecular flexibility index (Phi) is 3.96. The first-order chi connectivity index (χ1) is 10.7. The summed E-state index contributed by atoms with van der Waals surface area (Å²) in [5, 5.41) is 7.36. The van der Waals surface area contributed by atoms with Crippen LogP contribution >= 0.6 is 0 Å². The Balaban J connectivity index is 1.71. The second-order valence-corrected chi connectivity index (χ2v) is 4.93. The van der Waals surface area contributed by atoms with Crippen LogP contribution in [-0.2, 0) is 13.6 Å². The fourth-order valence-electron chi connectivity index (χ4n) is 2.19. The molecule has 2 heterocycles. The predicted molar refractivity (Wildman–Crippen MR) is 84.1 cm³/mol. The number of benzene rings is 1. The highest BCUT2D eigenvalue weighted by Crippen LogP contribution is 2.17. The highest BCUT2D eigenvalue weighted by atomic mass is 16.1. The van der Waals surface area contributed by atoms with Crippen molar-refractivity contribution in [1.29, 1.82) is 0 Å². The van der Waals surface area contributed by atoms with Crippen molar-refractivity contribution in [2.45, 2.75) is 6.54 Å². The number of amides is 1. The van der Waals surface area contributed by atoms with Gasteiger partial charge in [-0.3, -0.25) is 14.5 Å². The van der Waals surface area contributed by atoms with Gasteiger partial charge >= 0.3 is 0 Å². The van der Waals surface area contributed by atoms with Gasteiger partial charge in [0.05, 0.1) is 17.9 Å². The number of nitrogens with zero attached hydrogens (tertiary/aromatic N) is 3. The Hall–Kier alpha value is -2.95. The van der Waals surface area contributed by atoms with E-state index in [0.29, 0.717) is 12.1 Å². The first-order valence-electron chi connectivity index (χ1n) is 7.00. The topological polar surface area (TPSA) is 59.8 Å². The molecule has 0 saturated heterocycles. The van der Waals surface area contributed by atoms with Gasteiger partial charge in [-0.15, -0.1) is 0 Å². The summed E-state index contributed by atoms with van der Waals surface area (Å²) in [6.45, 7) is 0.428. The first-order valence-corrected chi connectivity index (χ1v) is 7.00. The molecule has 0 aliphatic carbocycles. The third kappa shape index (κ3) is 3.03. The molecule has 0 unspecified atom stereocenters. The van der Waals surface area contributed by atoms with Gasteiger partial charge in [-0.25, -0.2) is 0 Å². The third-order valence-corrected chi connectivity index (χ3v) is 3.40. The summed E-state index contributed by atoms with van der Waals surface area (Å²) in [5.74, 6) is -0.0928. The van der Waals surface area contributed by atoms with Crippen LogP contribution in [0.5, 0.6) is 0 Å². The van der Waals surface area contributed by atoms with Crippen molar-refractivity contribution in [2.24, 2.45) is 7.05 Å². The van der Waals surface area contributed by atoms with E-state index < -0.39 is 0 Å². The van der Waals surface area contributed by atoms with Gasteiger partial charge in [-0.05, 0) is 30.3 Å². The van der Waals surface area contributed by atoms with Crippen LogP contribution in [0.3, 0.4) is 0 Å². The van der Waals surface area contributed by atoms with Gasteiger partial charge in [0.1, 0.15) is 0 Å². The number of rotatable bonds is 4. The molecule has 22 heavy (non-hydrogen) atoms. The zero-order chi connectivity index (χ0) is 15.4. The van der Waals surface area contributed by atoms with Crippen LogP contribution in [0, 0.1) is 0 Å². The molecule has 3 rings (SSSR count). The van der Waals surface area contributed by atoms with Crippen LogP contribution in [0.25, 0.3) is 11.3 Å². The van der Waals surface area contributed by atoms with Crippen molar-refractivity contribution < 1.29 is 4.79 Å². The lowest BCUT2D eigenvalue weighted by Crippen LogP contribution is -2.23. The summed E-state index contributed by atoms with van der Waals surface area (Å²) in [5.41, 5.74) is 3.39. The summed E-state index contributed by atoms with van der Waals surface area (Å²) in [4.78, 5) is 16.2. The van der Waals surface area contributed by atoms with Crippen LogP contribution in [0.15, 0.2) is 60.9 Å². The summed E-state index contributed by atoms with van der Waals surface area (Å²) in [6, 6.07) is 15.0. The summed E-state index contributed by atoms with van der Waals surface area (Å²) in [7, 11) is 1.86. The molecular formula is C17H16N4O. The monoisotopic (exact) mass is 292 g/mol. The fourth-order valence-corrected chi connectivity index (χ4v) is 2.19. The number of aryl methyl sites for hydroxylation is 1. The predicted octanol–water partition coefficient (Wildman–Crippen LogP) is 2.41. The lowest BCUT2D eigenvalue weighted by atomic mass is 10.2. The Labute approximate surface area is 128 Å². The van der Waals surface area contributed by atoms with E-state index in [1.807, 2.05) is 43.4 Å². The van der Waals surface area contributed by atoms with Crippen LogP contribution in [0.4, 0.5) is 0 Å². The van der Waals surface area contributed by atoms with Crippen molar-refractivity contribution in [3.05, 3.63) is 72.2 Å². The number of aromatic nitrogens is 3. The molecule has 110 valence electrons. The number of hydrogen-bond acceptors (Lipinski definition) is 3. The van der Waals surface area contributed by atoms with Crippen LogP contribution in [0.1, 0.15) is 16.1 Å². The molecule has 1 aromatic carbocycles.